The van der Waals surface area contributed by atoms with Crippen LogP contribution in [0.5, 0.6) is 0 Å². The van der Waals surface area contributed by atoms with E-state index in [4.69, 9.17) is 0 Å². The van der Waals surface area contributed by atoms with Crippen molar-refractivity contribution in [3.63, 3.8) is 0 Å². The number of hydrogen-bond donors (Lipinski definition) is 1. The zero-order valence-corrected chi connectivity index (χ0v) is 14.3. The van der Waals surface area contributed by atoms with Gasteiger partial charge in [-0.25, -0.2) is 0 Å². The Morgan fingerprint density at radius 2 is 1.64 bits per heavy atom. The highest BCUT2D eigenvalue weighted by molar-refractivity contribution is 6.04. The van der Waals surface area contributed by atoms with Gasteiger partial charge in [-0.3, -0.25) is 9.59 Å². The molecular formula is C21H20N2O2. The minimum atomic E-state index is -0.391. The van der Waals surface area contributed by atoms with Crippen molar-refractivity contribution in [3.8, 4) is 0 Å². The summed E-state index contributed by atoms with van der Waals surface area (Å²) in [6, 6.07) is 18.8. The standard InChI is InChI=1S/C21H20N2O2/c1-15-11-16(2)13-18(12-15)22-20(24)19-9-6-10-23(21(19)25)14-17-7-4-3-5-8-17/h3-13H,14H2,1-2H3,(H,22,24). The lowest BCUT2D eigenvalue weighted by atomic mass is 10.1. The Labute approximate surface area is 146 Å². The van der Waals surface area contributed by atoms with Gasteiger partial charge in [-0.2, -0.15) is 0 Å². The molecule has 0 unspecified atom stereocenters. The van der Waals surface area contributed by atoms with Crippen LogP contribution in [0.2, 0.25) is 0 Å². The Bertz CT molecular complexity index is 939. The smallest absolute Gasteiger partial charge is 0.263 e. The molecule has 1 aromatic heterocycles. The van der Waals surface area contributed by atoms with E-state index in [1.165, 1.54) is 0 Å². The Morgan fingerprint density at radius 1 is 0.960 bits per heavy atom. The molecule has 2 aromatic carbocycles. The van der Waals surface area contributed by atoms with Crippen LogP contribution in [0.15, 0.2) is 71.7 Å². The van der Waals surface area contributed by atoms with Crippen LogP contribution < -0.4 is 10.9 Å². The summed E-state index contributed by atoms with van der Waals surface area (Å²) in [5.41, 5.74) is 3.66. The van der Waals surface area contributed by atoms with Gasteiger partial charge in [-0.1, -0.05) is 36.4 Å². The number of benzene rings is 2. The monoisotopic (exact) mass is 332 g/mol. The molecule has 1 heterocycles. The van der Waals surface area contributed by atoms with E-state index in [1.807, 2.05) is 62.4 Å². The molecule has 0 saturated heterocycles. The maximum Gasteiger partial charge on any atom is 0.263 e. The van der Waals surface area contributed by atoms with Gasteiger partial charge in [0, 0.05) is 11.9 Å². The normalized spacial score (nSPS) is 10.5. The van der Waals surface area contributed by atoms with E-state index in [9.17, 15) is 9.59 Å². The molecule has 0 spiro atoms. The average Bonchev–Trinajstić information content (AvgIpc) is 2.56. The number of nitrogens with zero attached hydrogens (tertiary/aromatic N) is 1. The molecule has 25 heavy (non-hydrogen) atoms. The van der Waals surface area contributed by atoms with Crippen molar-refractivity contribution in [1.29, 1.82) is 0 Å². The molecule has 4 nitrogen and oxygen atoms in total. The lowest BCUT2D eigenvalue weighted by molar-refractivity contribution is 0.102. The molecule has 0 aliphatic carbocycles. The Balaban J connectivity index is 1.86. The van der Waals surface area contributed by atoms with Crippen LogP contribution >= 0.6 is 0 Å². The van der Waals surface area contributed by atoms with Crippen molar-refractivity contribution < 1.29 is 4.79 Å². The van der Waals surface area contributed by atoms with Gasteiger partial charge in [0.15, 0.2) is 0 Å². The highest BCUT2D eigenvalue weighted by Crippen LogP contribution is 2.14. The highest BCUT2D eigenvalue weighted by Gasteiger charge is 2.13. The molecule has 0 fully saturated rings. The topological polar surface area (TPSA) is 51.1 Å². The highest BCUT2D eigenvalue weighted by atomic mass is 16.2. The van der Waals surface area contributed by atoms with Crippen LogP contribution in [-0.4, -0.2) is 10.5 Å². The molecule has 0 aliphatic heterocycles. The Hall–Kier alpha value is -3.14. The van der Waals surface area contributed by atoms with E-state index in [2.05, 4.69) is 5.32 Å². The maximum atomic E-state index is 12.6. The fraction of sp³-hybridized carbons (Fsp3) is 0.143. The summed E-state index contributed by atoms with van der Waals surface area (Å²) in [5.74, 6) is -0.391. The van der Waals surface area contributed by atoms with Gasteiger partial charge < -0.3 is 9.88 Å². The fourth-order valence-corrected chi connectivity index (χ4v) is 2.86. The quantitative estimate of drug-likeness (QED) is 0.791. The first kappa shape index (κ1) is 16.7. The van der Waals surface area contributed by atoms with Crippen molar-refractivity contribution in [2.45, 2.75) is 20.4 Å². The number of anilines is 1. The van der Waals surface area contributed by atoms with Gasteiger partial charge in [-0.15, -0.1) is 0 Å². The average molecular weight is 332 g/mol. The van der Waals surface area contributed by atoms with Crippen LogP contribution in [0.3, 0.4) is 0 Å². The summed E-state index contributed by atoms with van der Waals surface area (Å²) in [4.78, 5) is 25.2. The predicted octanol–water partition coefficient (Wildman–Crippen LogP) is 3.77. The van der Waals surface area contributed by atoms with Crippen LogP contribution in [0.25, 0.3) is 0 Å². The summed E-state index contributed by atoms with van der Waals surface area (Å²) < 4.78 is 1.55. The SMILES string of the molecule is Cc1cc(C)cc(NC(=O)c2cccn(Cc3ccccc3)c2=O)c1. The van der Waals surface area contributed by atoms with E-state index in [1.54, 1.807) is 22.9 Å². The third-order valence-corrected chi connectivity index (χ3v) is 3.94. The van der Waals surface area contributed by atoms with Gasteiger partial charge in [0.1, 0.15) is 5.56 Å². The molecule has 1 N–H and O–H groups in total. The predicted molar refractivity (Wildman–Crippen MR) is 100 cm³/mol. The lowest BCUT2D eigenvalue weighted by Crippen LogP contribution is -2.29. The minimum absolute atomic E-state index is 0.137. The van der Waals surface area contributed by atoms with Crippen LogP contribution in [-0.2, 0) is 6.54 Å². The lowest BCUT2D eigenvalue weighted by Gasteiger charge is -2.10. The van der Waals surface area contributed by atoms with Crippen molar-refractivity contribution in [2.75, 3.05) is 5.32 Å². The summed E-state index contributed by atoms with van der Waals surface area (Å²) in [7, 11) is 0. The molecule has 4 heteroatoms. The molecule has 3 rings (SSSR count). The minimum Gasteiger partial charge on any atom is -0.322 e. The fourth-order valence-electron chi connectivity index (χ4n) is 2.86. The molecular weight excluding hydrogens is 312 g/mol. The first-order chi connectivity index (χ1) is 12.0. The number of aromatic nitrogens is 1. The Morgan fingerprint density at radius 3 is 2.32 bits per heavy atom. The number of aryl methyl sites for hydroxylation is 2. The summed E-state index contributed by atoms with van der Waals surface area (Å²) in [5, 5.41) is 2.82. The summed E-state index contributed by atoms with van der Waals surface area (Å²) >= 11 is 0. The third kappa shape index (κ3) is 4.04. The largest absolute Gasteiger partial charge is 0.322 e. The van der Waals surface area contributed by atoms with Crippen molar-refractivity contribution in [2.24, 2.45) is 0 Å². The van der Waals surface area contributed by atoms with Gasteiger partial charge in [0.25, 0.3) is 11.5 Å². The molecule has 0 bridgehead atoms. The van der Waals surface area contributed by atoms with E-state index in [0.717, 1.165) is 16.7 Å². The molecule has 0 atom stereocenters. The van der Waals surface area contributed by atoms with Crippen LogP contribution in [0.4, 0.5) is 5.69 Å². The van der Waals surface area contributed by atoms with E-state index >= 15 is 0 Å². The summed E-state index contributed by atoms with van der Waals surface area (Å²) in [6.45, 7) is 4.38. The second-order valence-electron chi connectivity index (χ2n) is 6.17. The van der Waals surface area contributed by atoms with Crippen molar-refractivity contribution in [3.05, 3.63) is 99.5 Å². The Kier molecular flexibility index (Phi) is 4.80. The zero-order chi connectivity index (χ0) is 17.8. The number of pyridine rings is 1. The molecule has 1 amide bonds. The number of hydrogen-bond acceptors (Lipinski definition) is 2. The molecule has 0 radical (unpaired) electrons. The second kappa shape index (κ2) is 7.18. The van der Waals surface area contributed by atoms with Crippen molar-refractivity contribution in [1.82, 2.24) is 4.57 Å². The number of carbonyl (C=O) groups is 1. The van der Waals surface area contributed by atoms with E-state index < -0.39 is 5.91 Å². The first-order valence-electron chi connectivity index (χ1n) is 8.16. The molecule has 3 aromatic rings. The van der Waals surface area contributed by atoms with Gasteiger partial charge in [-0.05, 0) is 54.8 Å². The summed E-state index contributed by atoms with van der Waals surface area (Å²) in [6.07, 6.45) is 1.70. The van der Waals surface area contributed by atoms with E-state index in [-0.39, 0.29) is 11.1 Å². The zero-order valence-electron chi connectivity index (χ0n) is 14.3. The van der Waals surface area contributed by atoms with Crippen molar-refractivity contribution >= 4 is 11.6 Å². The maximum absolute atomic E-state index is 12.6. The number of rotatable bonds is 4. The third-order valence-electron chi connectivity index (χ3n) is 3.94. The molecule has 0 aliphatic rings. The van der Waals surface area contributed by atoms with Gasteiger partial charge >= 0.3 is 0 Å². The molecule has 126 valence electrons. The number of nitrogens with one attached hydrogen (secondary N) is 1. The number of carbonyl (C=O) groups excluding carboxylic acids is 1. The van der Waals surface area contributed by atoms with Crippen LogP contribution in [0.1, 0.15) is 27.0 Å². The number of amides is 1. The second-order valence-corrected chi connectivity index (χ2v) is 6.17. The van der Waals surface area contributed by atoms with E-state index in [0.29, 0.717) is 12.2 Å². The molecule has 0 saturated carbocycles. The first-order valence-corrected chi connectivity index (χ1v) is 8.16. The van der Waals surface area contributed by atoms with Gasteiger partial charge in [0.2, 0.25) is 0 Å². The van der Waals surface area contributed by atoms with Crippen LogP contribution in [0, 0.1) is 13.8 Å². The van der Waals surface area contributed by atoms with Gasteiger partial charge in [0.05, 0.1) is 6.54 Å².